The van der Waals surface area contributed by atoms with Crippen molar-refractivity contribution < 1.29 is 28.6 Å². The fraction of sp³-hybridized carbons (Fsp3) is 0.796. The molecule has 0 heterocycles. The van der Waals surface area contributed by atoms with E-state index < -0.39 is 6.10 Å². The Hall–Kier alpha value is -2.63. The van der Waals surface area contributed by atoms with Crippen molar-refractivity contribution in [3.8, 4) is 0 Å². The Morgan fingerprint density at radius 1 is 0.333 bits per heavy atom. The summed E-state index contributed by atoms with van der Waals surface area (Å²) in [5, 5.41) is 0. The largest absolute Gasteiger partial charge is 0.462 e. The van der Waals surface area contributed by atoms with E-state index in [0.29, 0.717) is 19.3 Å². The average molecular weight is 841 g/mol. The van der Waals surface area contributed by atoms with Crippen LogP contribution < -0.4 is 0 Å². The molecule has 6 nitrogen and oxygen atoms in total. The molecule has 0 bridgehead atoms. The van der Waals surface area contributed by atoms with Crippen LogP contribution in [0.25, 0.3) is 0 Å². The molecule has 0 saturated heterocycles. The molecule has 348 valence electrons. The van der Waals surface area contributed by atoms with E-state index in [1.807, 2.05) is 0 Å². The molecule has 0 aliphatic rings. The van der Waals surface area contributed by atoms with Crippen LogP contribution in [0.15, 0.2) is 48.6 Å². The lowest BCUT2D eigenvalue weighted by atomic mass is 10.0. The van der Waals surface area contributed by atoms with Gasteiger partial charge in [0.1, 0.15) is 13.2 Å². The molecule has 0 aliphatic heterocycles. The molecule has 0 aliphatic carbocycles. The van der Waals surface area contributed by atoms with Crippen LogP contribution in [0.1, 0.15) is 258 Å². The summed E-state index contributed by atoms with van der Waals surface area (Å²) in [6.45, 7) is 6.57. The highest BCUT2D eigenvalue weighted by atomic mass is 16.6. The summed E-state index contributed by atoms with van der Waals surface area (Å²) in [5.41, 5.74) is 0. The SMILES string of the molecule is CCCCC/C=C\C/C=C\C/C=C\CCCCC(=O)O[C@H](COC(=O)CCCCCCCCC/C=C\CCCCCC)COC(=O)CCCCCCCCCCCCCC. The lowest BCUT2D eigenvalue weighted by molar-refractivity contribution is -0.167. The van der Waals surface area contributed by atoms with Crippen LogP contribution in [0.3, 0.4) is 0 Å². The number of carbonyl (C=O) groups is 3. The zero-order valence-corrected chi connectivity index (χ0v) is 39.7. The predicted molar refractivity (Wildman–Crippen MR) is 256 cm³/mol. The molecule has 0 aromatic carbocycles. The quantitative estimate of drug-likeness (QED) is 0.0263. The van der Waals surface area contributed by atoms with E-state index in [1.165, 1.54) is 148 Å². The average Bonchev–Trinajstić information content (AvgIpc) is 3.24. The number of ether oxygens (including phenoxy) is 3. The Kier molecular flexibility index (Phi) is 46.9. The van der Waals surface area contributed by atoms with Gasteiger partial charge in [0.25, 0.3) is 0 Å². The van der Waals surface area contributed by atoms with Crippen molar-refractivity contribution >= 4 is 17.9 Å². The maximum Gasteiger partial charge on any atom is 0.306 e. The van der Waals surface area contributed by atoms with Crippen LogP contribution in [0, 0.1) is 0 Å². The third-order valence-electron chi connectivity index (χ3n) is 11.1. The molecular weight excluding hydrogens is 745 g/mol. The van der Waals surface area contributed by atoms with Gasteiger partial charge < -0.3 is 14.2 Å². The fourth-order valence-corrected chi connectivity index (χ4v) is 7.15. The Bertz CT molecular complexity index is 1060. The van der Waals surface area contributed by atoms with Gasteiger partial charge in [0, 0.05) is 19.3 Å². The highest BCUT2D eigenvalue weighted by molar-refractivity contribution is 5.71. The van der Waals surface area contributed by atoms with Crippen molar-refractivity contribution in [2.45, 2.75) is 264 Å². The summed E-state index contributed by atoms with van der Waals surface area (Å²) < 4.78 is 16.8. The molecule has 0 amide bonds. The van der Waals surface area contributed by atoms with Crippen LogP contribution in [-0.2, 0) is 28.6 Å². The molecule has 0 N–H and O–H groups in total. The Morgan fingerprint density at radius 2 is 0.600 bits per heavy atom. The molecule has 0 fully saturated rings. The first kappa shape index (κ1) is 57.4. The third kappa shape index (κ3) is 46.4. The van der Waals surface area contributed by atoms with E-state index in [-0.39, 0.29) is 37.5 Å². The summed E-state index contributed by atoms with van der Waals surface area (Å²) in [5.74, 6) is -0.925. The summed E-state index contributed by atoms with van der Waals surface area (Å²) in [6.07, 6.45) is 58.0. The molecule has 6 heteroatoms. The van der Waals surface area contributed by atoms with Gasteiger partial charge >= 0.3 is 17.9 Å². The molecule has 0 aromatic rings. The number of allylic oxidation sites excluding steroid dienone is 8. The van der Waals surface area contributed by atoms with E-state index in [9.17, 15) is 14.4 Å². The van der Waals surface area contributed by atoms with Crippen LogP contribution in [0.2, 0.25) is 0 Å². The smallest absolute Gasteiger partial charge is 0.306 e. The normalized spacial score (nSPS) is 12.4. The number of carbonyl (C=O) groups excluding carboxylic acids is 3. The molecule has 0 rings (SSSR count). The van der Waals surface area contributed by atoms with Crippen molar-refractivity contribution in [3.63, 3.8) is 0 Å². The first-order valence-electron chi connectivity index (χ1n) is 25.6. The minimum atomic E-state index is -0.791. The van der Waals surface area contributed by atoms with Crippen molar-refractivity contribution in [1.29, 1.82) is 0 Å². The predicted octanol–water partition coefficient (Wildman–Crippen LogP) is 16.7. The van der Waals surface area contributed by atoms with E-state index in [4.69, 9.17) is 14.2 Å². The maximum atomic E-state index is 12.8. The number of hydrogen-bond acceptors (Lipinski definition) is 6. The summed E-state index contributed by atoms with van der Waals surface area (Å²) >= 11 is 0. The van der Waals surface area contributed by atoms with Crippen molar-refractivity contribution in [2.75, 3.05) is 13.2 Å². The van der Waals surface area contributed by atoms with Crippen molar-refractivity contribution in [3.05, 3.63) is 48.6 Å². The second-order valence-corrected chi connectivity index (χ2v) is 17.1. The van der Waals surface area contributed by atoms with Gasteiger partial charge in [-0.3, -0.25) is 14.4 Å². The summed E-state index contributed by atoms with van der Waals surface area (Å²) in [6, 6.07) is 0. The number of rotatable bonds is 46. The molecular formula is C54H96O6. The molecule has 0 saturated carbocycles. The molecule has 1 atom stereocenters. The zero-order chi connectivity index (χ0) is 43.7. The number of unbranched alkanes of at least 4 members (excludes halogenated alkanes) is 27. The fourth-order valence-electron chi connectivity index (χ4n) is 7.15. The Labute approximate surface area is 371 Å². The van der Waals surface area contributed by atoms with Gasteiger partial charge in [0.15, 0.2) is 6.10 Å². The Balaban J connectivity index is 4.43. The van der Waals surface area contributed by atoms with E-state index in [2.05, 4.69) is 69.4 Å². The topological polar surface area (TPSA) is 78.9 Å². The standard InChI is InChI=1S/C54H96O6/c1-4-7-10-13-16-19-22-25-27-29-32-35-38-41-44-47-53(56)59-50-51(49-58-52(55)46-43-40-37-34-31-24-21-18-15-12-9-6-3)60-54(57)48-45-42-39-36-33-30-28-26-23-20-17-14-11-8-5-2/h17,19-20,22,26,28,33,36,51H,4-16,18,21,23-25,27,29-32,34-35,37-50H2,1-3H3/b20-17-,22-19-,28-26-,36-33-/t51-/m0/s1. The van der Waals surface area contributed by atoms with E-state index in [1.54, 1.807) is 0 Å². The van der Waals surface area contributed by atoms with Gasteiger partial charge in [-0.2, -0.15) is 0 Å². The highest BCUT2D eigenvalue weighted by Gasteiger charge is 2.19. The molecule has 60 heavy (non-hydrogen) atoms. The minimum Gasteiger partial charge on any atom is -0.462 e. The van der Waals surface area contributed by atoms with Gasteiger partial charge in [0.2, 0.25) is 0 Å². The van der Waals surface area contributed by atoms with Crippen molar-refractivity contribution in [2.24, 2.45) is 0 Å². The van der Waals surface area contributed by atoms with Gasteiger partial charge in [-0.1, -0.05) is 204 Å². The second-order valence-electron chi connectivity index (χ2n) is 17.1. The second kappa shape index (κ2) is 49.0. The van der Waals surface area contributed by atoms with Crippen LogP contribution in [0.5, 0.6) is 0 Å². The zero-order valence-electron chi connectivity index (χ0n) is 39.7. The molecule has 0 aromatic heterocycles. The highest BCUT2D eigenvalue weighted by Crippen LogP contribution is 2.15. The van der Waals surface area contributed by atoms with Crippen molar-refractivity contribution in [1.82, 2.24) is 0 Å². The first-order valence-corrected chi connectivity index (χ1v) is 25.6. The number of hydrogen-bond donors (Lipinski definition) is 0. The van der Waals surface area contributed by atoms with Gasteiger partial charge in [-0.15, -0.1) is 0 Å². The monoisotopic (exact) mass is 841 g/mol. The first-order chi connectivity index (χ1) is 29.5. The molecule has 0 spiro atoms. The van der Waals surface area contributed by atoms with Crippen LogP contribution in [-0.4, -0.2) is 37.2 Å². The van der Waals surface area contributed by atoms with E-state index >= 15 is 0 Å². The third-order valence-corrected chi connectivity index (χ3v) is 11.1. The van der Waals surface area contributed by atoms with Gasteiger partial charge in [-0.25, -0.2) is 0 Å². The van der Waals surface area contributed by atoms with Crippen LogP contribution >= 0.6 is 0 Å². The molecule has 0 radical (unpaired) electrons. The Morgan fingerprint density at radius 3 is 1.03 bits per heavy atom. The summed E-state index contributed by atoms with van der Waals surface area (Å²) in [4.78, 5) is 37.9. The molecule has 0 unspecified atom stereocenters. The van der Waals surface area contributed by atoms with Crippen LogP contribution in [0.4, 0.5) is 0 Å². The lowest BCUT2D eigenvalue weighted by Crippen LogP contribution is -2.30. The minimum absolute atomic E-state index is 0.0875. The summed E-state index contributed by atoms with van der Waals surface area (Å²) in [7, 11) is 0. The maximum absolute atomic E-state index is 12.8. The van der Waals surface area contributed by atoms with Gasteiger partial charge in [0.05, 0.1) is 0 Å². The lowest BCUT2D eigenvalue weighted by Gasteiger charge is -2.18. The van der Waals surface area contributed by atoms with E-state index in [0.717, 1.165) is 64.2 Å². The van der Waals surface area contributed by atoms with Gasteiger partial charge in [-0.05, 0) is 83.5 Å². The number of esters is 3.